The highest BCUT2D eigenvalue weighted by Gasteiger charge is 2.24. The predicted octanol–water partition coefficient (Wildman–Crippen LogP) is 5.40. The first-order chi connectivity index (χ1) is 13.3. The van der Waals surface area contributed by atoms with Gasteiger partial charge in [-0.3, -0.25) is 4.79 Å². The lowest BCUT2D eigenvalue weighted by molar-refractivity contribution is -0.122. The van der Waals surface area contributed by atoms with E-state index in [4.69, 9.17) is 0 Å². The maximum atomic E-state index is 13.0. The maximum absolute atomic E-state index is 13.0. The number of hydrogen-bond donors (Lipinski definition) is 1. The highest BCUT2D eigenvalue weighted by Crippen LogP contribution is 2.31. The summed E-state index contributed by atoms with van der Waals surface area (Å²) < 4.78 is 0. The molecule has 0 unspecified atom stereocenters. The molecule has 0 saturated heterocycles. The molecule has 27 heavy (non-hydrogen) atoms. The van der Waals surface area contributed by atoms with E-state index in [2.05, 4.69) is 53.8 Å². The summed E-state index contributed by atoms with van der Waals surface area (Å²) in [4.78, 5) is 13.0. The summed E-state index contributed by atoms with van der Waals surface area (Å²) in [5, 5.41) is 3.31. The maximum Gasteiger partial charge on any atom is 0.221 e. The molecule has 1 atom stereocenters. The van der Waals surface area contributed by atoms with Gasteiger partial charge in [0.25, 0.3) is 0 Å². The van der Waals surface area contributed by atoms with E-state index in [9.17, 15) is 4.79 Å². The molecule has 0 spiro atoms. The summed E-state index contributed by atoms with van der Waals surface area (Å²) in [6.07, 6.45) is 3.72. The van der Waals surface area contributed by atoms with E-state index in [0.717, 1.165) is 19.3 Å². The van der Waals surface area contributed by atoms with Crippen molar-refractivity contribution in [2.75, 3.05) is 0 Å². The van der Waals surface area contributed by atoms with Crippen molar-refractivity contribution in [2.24, 2.45) is 0 Å². The van der Waals surface area contributed by atoms with Gasteiger partial charge in [0.2, 0.25) is 5.91 Å². The van der Waals surface area contributed by atoms with Crippen molar-refractivity contribution in [1.29, 1.82) is 0 Å². The molecule has 1 N–H and O–H groups in total. The van der Waals surface area contributed by atoms with E-state index in [1.165, 1.54) is 22.3 Å². The van der Waals surface area contributed by atoms with Crippen LogP contribution in [0.1, 0.15) is 53.5 Å². The Morgan fingerprint density at radius 2 is 1.44 bits per heavy atom. The van der Waals surface area contributed by atoms with Gasteiger partial charge in [0.15, 0.2) is 0 Å². The van der Waals surface area contributed by atoms with Crippen molar-refractivity contribution in [3.63, 3.8) is 0 Å². The van der Waals surface area contributed by atoms with Crippen LogP contribution in [0, 0.1) is 0 Å². The fourth-order valence-corrected chi connectivity index (χ4v) is 4.14. The van der Waals surface area contributed by atoms with E-state index in [1.54, 1.807) is 0 Å². The fourth-order valence-electron chi connectivity index (χ4n) is 4.14. The molecule has 1 aliphatic rings. The number of carbonyl (C=O) groups is 1. The zero-order chi connectivity index (χ0) is 18.5. The number of benzene rings is 3. The number of aryl methyl sites for hydroxylation is 1. The van der Waals surface area contributed by atoms with Crippen LogP contribution in [0.15, 0.2) is 84.9 Å². The Balaban J connectivity index is 1.53. The number of carbonyl (C=O) groups excluding carboxylic acids is 1. The Bertz CT molecular complexity index is 849. The zero-order valence-corrected chi connectivity index (χ0v) is 15.5. The molecule has 0 radical (unpaired) electrons. The molecule has 0 aliphatic heterocycles. The van der Waals surface area contributed by atoms with E-state index in [0.29, 0.717) is 6.42 Å². The van der Waals surface area contributed by atoms with Gasteiger partial charge in [-0.15, -0.1) is 0 Å². The van der Waals surface area contributed by atoms with E-state index >= 15 is 0 Å². The average molecular weight is 355 g/mol. The second-order valence-corrected chi connectivity index (χ2v) is 7.29. The topological polar surface area (TPSA) is 29.1 Å². The van der Waals surface area contributed by atoms with Crippen LogP contribution in [0.2, 0.25) is 0 Å². The smallest absolute Gasteiger partial charge is 0.221 e. The summed E-state index contributed by atoms with van der Waals surface area (Å²) in [5.41, 5.74) is 5.02. The van der Waals surface area contributed by atoms with E-state index in [1.807, 2.05) is 36.4 Å². The average Bonchev–Trinajstić information content (AvgIpc) is 2.73. The Morgan fingerprint density at radius 1 is 0.852 bits per heavy atom. The molecule has 0 saturated carbocycles. The molecule has 3 aromatic carbocycles. The molecule has 2 heteroatoms. The molecule has 0 heterocycles. The SMILES string of the molecule is O=C(CC(c1ccccc1)c1ccccc1)N[C@H]1CCCc2ccccc21. The molecule has 4 rings (SSSR count). The minimum absolute atomic E-state index is 0.0752. The quantitative estimate of drug-likeness (QED) is 0.652. The summed E-state index contributed by atoms with van der Waals surface area (Å²) in [5.74, 6) is 0.195. The van der Waals surface area contributed by atoms with Gasteiger partial charge in [-0.2, -0.15) is 0 Å². The largest absolute Gasteiger partial charge is 0.349 e. The molecule has 1 aliphatic carbocycles. The van der Waals surface area contributed by atoms with Crippen molar-refractivity contribution >= 4 is 5.91 Å². The number of hydrogen-bond acceptors (Lipinski definition) is 1. The molecular weight excluding hydrogens is 330 g/mol. The van der Waals surface area contributed by atoms with Crippen LogP contribution in [0.4, 0.5) is 0 Å². The zero-order valence-electron chi connectivity index (χ0n) is 15.5. The number of amides is 1. The number of rotatable bonds is 5. The normalized spacial score (nSPS) is 16.0. The molecule has 2 nitrogen and oxygen atoms in total. The van der Waals surface area contributed by atoms with Crippen LogP contribution in [0.5, 0.6) is 0 Å². The molecular formula is C25H25NO. The lowest BCUT2D eigenvalue weighted by Gasteiger charge is -2.27. The highest BCUT2D eigenvalue weighted by molar-refractivity contribution is 5.78. The van der Waals surface area contributed by atoms with Gasteiger partial charge >= 0.3 is 0 Å². The van der Waals surface area contributed by atoms with Gasteiger partial charge in [0.1, 0.15) is 0 Å². The molecule has 3 aromatic rings. The number of fused-ring (bicyclic) bond motifs is 1. The third-order valence-corrected chi connectivity index (χ3v) is 5.50. The molecule has 136 valence electrons. The summed E-state index contributed by atoms with van der Waals surface area (Å²) in [6, 6.07) is 29.3. The first-order valence-corrected chi connectivity index (χ1v) is 9.78. The van der Waals surface area contributed by atoms with Crippen molar-refractivity contribution < 1.29 is 4.79 Å². The van der Waals surface area contributed by atoms with Crippen LogP contribution in [-0.4, -0.2) is 5.91 Å². The van der Waals surface area contributed by atoms with Gasteiger partial charge < -0.3 is 5.32 Å². The first kappa shape index (κ1) is 17.5. The van der Waals surface area contributed by atoms with Gasteiger partial charge in [0, 0.05) is 12.3 Å². The van der Waals surface area contributed by atoms with Crippen molar-refractivity contribution in [2.45, 2.75) is 37.6 Å². The Kier molecular flexibility index (Phi) is 5.34. The van der Waals surface area contributed by atoms with Crippen LogP contribution >= 0.6 is 0 Å². The summed E-state index contributed by atoms with van der Waals surface area (Å²) >= 11 is 0. The van der Waals surface area contributed by atoms with E-state index in [-0.39, 0.29) is 17.9 Å². The predicted molar refractivity (Wildman–Crippen MR) is 110 cm³/mol. The summed E-state index contributed by atoms with van der Waals surface area (Å²) in [6.45, 7) is 0. The van der Waals surface area contributed by atoms with E-state index < -0.39 is 0 Å². The van der Waals surface area contributed by atoms with Crippen molar-refractivity contribution in [1.82, 2.24) is 5.32 Å². The molecule has 0 fully saturated rings. The molecule has 0 bridgehead atoms. The Labute approximate surface area is 161 Å². The minimum Gasteiger partial charge on any atom is -0.349 e. The van der Waals surface area contributed by atoms with Crippen molar-refractivity contribution in [3.05, 3.63) is 107 Å². The summed E-state index contributed by atoms with van der Waals surface area (Å²) in [7, 11) is 0. The number of nitrogens with one attached hydrogen (secondary N) is 1. The van der Waals surface area contributed by atoms with Gasteiger partial charge in [-0.1, -0.05) is 84.9 Å². The molecule has 0 aromatic heterocycles. The van der Waals surface area contributed by atoms with Crippen LogP contribution < -0.4 is 5.32 Å². The van der Waals surface area contributed by atoms with Crippen LogP contribution in [-0.2, 0) is 11.2 Å². The van der Waals surface area contributed by atoms with Gasteiger partial charge in [0.05, 0.1) is 6.04 Å². The van der Waals surface area contributed by atoms with Crippen LogP contribution in [0.3, 0.4) is 0 Å². The van der Waals surface area contributed by atoms with Crippen LogP contribution in [0.25, 0.3) is 0 Å². The van der Waals surface area contributed by atoms with Crippen molar-refractivity contribution in [3.8, 4) is 0 Å². The second-order valence-electron chi connectivity index (χ2n) is 7.29. The standard InChI is InChI=1S/C25H25NO/c27-25(26-24-17-9-15-19-14-7-8-16-22(19)24)18-23(20-10-3-1-4-11-20)21-12-5-2-6-13-21/h1-8,10-14,16,23-24H,9,15,17-18H2,(H,26,27)/t24-/m0/s1. The Morgan fingerprint density at radius 3 is 2.11 bits per heavy atom. The minimum atomic E-state index is 0.0752. The van der Waals surface area contributed by atoms with Gasteiger partial charge in [-0.05, 0) is 41.5 Å². The first-order valence-electron chi connectivity index (χ1n) is 9.78. The third-order valence-electron chi connectivity index (χ3n) is 5.50. The molecule has 1 amide bonds. The highest BCUT2D eigenvalue weighted by atomic mass is 16.1. The third kappa shape index (κ3) is 4.11. The monoisotopic (exact) mass is 355 g/mol. The lowest BCUT2D eigenvalue weighted by Crippen LogP contribution is -2.32. The second kappa shape index (κ2) is 8.22. The lowest BCUT2D eigenvalue weighted by atomic mass is 9.86. The fraction of sp³-hybridized carbons (Fsp3) is 0.240. The Hall–Kier alpha value is -2.87. The van der Waals surface area contributed by atoms with Gasteiger partial charge in [-0.25, -0.2) is 0 Å².